The van der Waals surface area contributed by atoms with Crippen LogP contribution in [0, 0.1) is 13.8 Å². The molecule has 1 fully saturated rings. The van der Waals surface area contributed by atoms with Gasteiger partial charge in [-0.25, -0.2) is 0 Å². The third-order valence-corrected chi connectivity index (χ3v) is 19.5. The molecule has 0 amide bonds. The summed E-state index contributed by atoms with van der Waals surface area (Å²) in [6.07, 6.45) is 4.77. The fourth-order valence-corrected chi connectivity index (χ4v) is 15.4. The van der Waals surface area contributed by atoms with Crippen molar-refractivity contribution < 1.29 is 0 Å². The Bertz CT molecular complexity index is 3820. The molecule has 2 atom stereocenters. The third kappa shape index (κ3) is 7.19. The summed E-state index contributed by atoms with van der Waals surface area (Å²) in [7, 11) is 0. The zero-order valence-corrected chi connectivity index (χ0v) is 47.4. The number of hydrogen-bond donors (Lipinski definition) is 0. The van der Waals surface area contributed by atoms with Gasteiger partial charge < -0.3 is 14.7 Å². The molecule has 1 aliphatic carbocycles. The molecule has 0 spiro atoms. The number of benzene rings is 8. The first-order chi connectivity index (χ1) is 35.6. The molecule has 0 radical (unpaired) electrons. The lowest BCUT2D eigenvalue weighted by molar-refractivity contribution is 0.194. The van der Waals surface area contributed by atoms with E-state index in [1.165, 1.54) is 146 Å². The predicted octanol–water partition coefficient (Wildman–Crippen LogP) is 18.1. The molecule has 376 valence electrons. The summed E-state index contributed by atoms with van der Waals surface area (Å²) >= 11 is 1.90. The molecule has 0 N–H and O–H groups in total. The molecule has 0 bridgehead atoms. The highest BCUT2D eigenvalue weighted by molar-refractivity contribution is 7.25. The number of fused-ring (bicyclic) bond motifs is 10. The van der Waals surface area contributed by atoms with Gasteiger partial charge in [0, 0.05) is 71.0 Å². The molecule has 4 aliphatic rings. The molecule has 3 nitrogen and oxygen atoms in total. The molecule has 3 aliphatic heterocycles. The molecular weight excluding hydrogens is 926 g/mol. The summed E-state index contributed by atoms with van der Waals surface area (Å²) < 4.78 is 2.65. The minimum absolute atomic E-state index is 0.0202. The van der Waals surface area contributed by atoms with Crippen molar-refractivity contribution >= 4 is 100 Å². The third-order valence-electron chi connectivity index (χ3n) is 18.4. The van der Waals surface area contributed by atoms with Crippen molar-refractivity contribution in [2.45, 2.75) is 143 Å². The maximum Gasteiger partial charge on any atom is 0.252 e. The number of hydrogen-bond acceptors (Lipinski definition) is 4. The van der Waals surface area contributed by atoms with Gasteiger partial charge >= 0.3 is 0 Å². The van der Waals surface area contributed by atoms with Crippen LogP contribution >= 0.6 is 11.3 Å². The Morgan fingerprint density at radius 1 is 0.480 bits per heavy atom. The van der Waals surface area contributed by atoms with E-state index in [-0.39, 0.29) is 33.9 Å². The van der Waals surface area contributed by atoms with E-state index in [9.17, 15) is 0 Å². The Balaban J connectivity index is 1.20. The lowest BCUT2D eigenvalue weighted by atomic mass is 9.33. The van der Waals surface area contributed by atoms with Gasteiger partial charge in [-0.15, -0.1) is 11.3 Å². The SMILES string of the molecule is Cc1cc(C)c2c(c1)N(c1cc3c4c(c1)N(c1ccc(C(C)(C)C)cc1-c1ccccc1)c1ccc(C(C)(C)C)cc1B4c1cc(C(C)(C)C)ccc1N3c1ccc3sc4ccccc4c3c1)C1(C)CCCCC21C. The normalized spacial score (nSPS) is 19.1. The van der Waals surface area contributed by atoms with Crippen molar-refractivity contribution in [2.75, 3.05) is 14.7 Å². The first kappa shape index (κ1) is 48.1. The number of nitrogens with zero attached hydrogens (tertiary/aromatic N) is 3. The lowest BCUT2D eigenvalue weighted by Crippen LogP contribution is -2.62. The Hall–Kier alpha value is -6.56. The Kier molecular flexibility index (Phi) is 10.6. The minimum atomic E-state index is -0.150. The molecule has 8 aromatic carbocycles. The van der Waals surface area contributed by atoms with E-state index in [2.05, 4.69) is 256 Å². The second-order valence-electron chi connectivity index (χ2n) is 26.3. The standard InChI is InChI=1S/C70H72BN3S/c1-43-35-44(2)64-59(36-43)74(70(13)34-20-19-33-69(64,70)12)50-41-60-65-61(42-50)73(56-29-25-46(66(3,4)5)37-52(56)45-21-15-14-16-22-45)58-31-27-48(68(9,10)11)39-55(58)71(65)54-38-47(67(6,7)8)26-30-57(54)72(60)49-28-32-63-53(40-49)51-23-17-18-24-62(51)75-63/h14-18,21-32,35-42H,19-20,33-34H2,1-13H3. The molecule has 2 unspecified atom stereocenters. The van der Waals surface area contributed by atoms with Gasteiger partial charge in [-0.1, -0.05) is 167 Å². The zero-order chi connectivity index (χ0) is 52.3. The highest BCUT2D eigenvalue weighted by Gasteiger charge is 2.59. The van der Waals surface area contributed by atoms with Crippen molar-refractivity contribution in [3.8, 4) is 11.1 Å². The van der Waals surface area contributed by atoms with Crippen LogP contribution in [0.1, 0.15) is 135 Å². The molecule has 5 heteroatoms. The monoisotopic (exact) mass is 998 g/mol. The van der Waals surface area contributed by atoms with Gasteiger partial charge in [-0.05, 0) is 172 Å². The average Bonchev–Trinajstić information content (AvgIpc) is 4.00. The molecule has 1 saturated carbocycles. The van der Waals surface area contributed by atoms with Gasteiger partial charge in [0.2, 0.25) is 0 Å². The van der Waals surface area contributed by atoms with E-state index in [1.807, 2.05) is 11.3 Å². The first-order valence-electron chi connectivity index (χ1n) is 27.7. The van der Waals surface area contributed by atoms with Crippen LogP contribution in [0.5, 0.6) is 0 Å². The van der Waals surface area contributed by atoms with Gasteiger partial charge in [0.1, 0.15) is 0 Å². The van der Waals surface area contributed by atoms with Gasteiger partial charge in [-0.2, -0.15) is 0 Å². The molecular formula is C70H72BN3S. The highest BCUT2D eigenvalue weighted by Crippen LogP contribution is 2.63. The second-order valence-corrected chi connectivity index (χ2v) is 27.4. The van der Waals surface area contributed by atoms with E-state index in [0.717, 1.165) is 6.42 Å². The smallest absolute Gasteiger partial charge is 0.252 e. The average molecular weight is 998 g/mol. The number of thiophene rings is 1. The zero-order valence-electron chi connectivity index (χ0n) is 46.6. The fraction of sp³-hybridized carbons (Fsp3) is 0.314. The van der Waals surface area contributed by atoms with E-state index < -0.39 is 0 Å². The predicted molar refractivity (Wildman–Crippen MR) is 327 cm³/mol. The molecule has 75 heavy (non-hydrogen) atoms. The maximum atomic E-state index is 2.84. The van der Waals surface area contributed by atoms with Crippen LogP contribution in [0.25, 0.3) is 31.3 Å². The van der Waals surface area contributed by atoms with Gasteiger partial charge in [-0.3, -0.25) is 0 Å². The van der Waals surface area contributed by atoms with Gasteiger partial charge in [0.25, 0.3) is 6.71 Å². The number of anilines is 8. The van der Waals surface area contributed by atoms with Crippen LogP contribution in [0.3, 0.4) is 0 Å². The molecule has 0 saturated heterocycles. The maximum absolute atomic E-state index is 2.84. The molecule has 4 heterocycles. The summed E-state index contributed by atoms with van der Waals surface area (Å²) in [6, 6.07) is 59.9. The van der Waals surface area contributed by atoms with Crippen molar-refractivity contribution in [1.29, 1.82) is 0 Å². The van der Waals surface area contributed by atoms with Crippen molar-refractivity contribution in [3.05, 3.63) is 185 Å². The summed E-state index contributed by atoms with van der Waals surface area (Å²) in [6.45, 7) is 31.1. The number of rotatable bonds is 4. The molecule has 13 rings (SSSR count). The van der Waals surface area contributed by atoms with Crippen molar-refractivity contribution in [3.63, 3.8) is 0 Å². The Morgan fingerprint density at radius 3 is 1.72 bits per heavy atom. The van der Waals surface area contributed by atoms with Crippen LogP contribution in [0.4, 0.5) is 45.5 Å². The van der Waals surface area contributed by atoms with Crippen LogP contribution in [0.2, 0.25) is 0 Å². The van der Waals surface area contributed by atoms with E-state index in [1.54, 1.807) is 0 Å². The fourth-order valence-electron chi connectivity index (χ4n) is 14.3. The molecule has 1 aromatic heterocycles. The van der Waals surface area contributed by atoms with E-state index in [0.29, 0.717) is 0 Å². The number of aryl methyl sites for hydroxylation is 2. The van der Waals surface area contributed by atoms with Crippen LogP contribution < -0.4 is 31.1 Å². The van der Waals surface area contributed by atoms with Gasteiger partial charge in [0.15, 0.2) is 0 Å². The summed E-state index contributed by atoms with van der Waals surface area (Å²) in [5, 5.41) is 2.63. The summed E-state index contributed by atoms with van der Waals surface area (Å²) in [5.41, 5.74) is 24.6. The largest absolute Gasteiger partial charge is 0.334 e. The molecule has 9 aromatic rings. The van der Waals surface area contributed by atoms with Crippen LogP contribution in [0.15, 0.2) is 152 Å². The van der Waals surface area contributed by atoms with E-state index in [4.69, 9.17) is 0 Å². The Morgan fingerprint density at radius 2 is 1.05 bits per heavy atom. The summed E-state index contributed by atoms with van der Waals surface area (Å²) in [4.78, 5) is 8.21. The topological polar surface area (TPSA) is 9.72 Å². The first-order valence-corrected chi connectivity index (χ1v) is 28.6. The van der Waals surface area contributed by atoms with Crippen molar-refractivity contribution in [2.24, 2.45) is 0 Å². The lowest BCUT2D eigenvalue weighted by Gasteiger charge is -2.51. The van der Waals surface area contributed by atoms with Crippen LogP contribution in [-0.2, 0) is 21.7 Å². The van der Waals surface area contributed by atoms with Gasteiger partial charge in [0.05, 0.1) is 11.2 Å². The summed E-state index contributed by atoms with van der Waals surface area (Å²) in [5.74, 6) is 0. The second kappa shape index (κ2) is 16.5. The van der Waals surface area contributed by atoms with E-state index >= 15 is 0 Å². The minimum Gasteiger partial charge on any atom is -0.334 e. The Labute approximate surface area is 451 Å². The quantitative estimate of drug-likeness (QED) is 0.163. The highest BCUT2D eigenvalue weighted by atomic mass is 32.1. The van der Waals surface area contributed by atoms with Crippen LogP contribution in [-0.4, -0.2) is 12.3 Å². The van der Waals surface area contributed by atoms with Crippen molar-refractivity contribution in [1.82, 2.24) is 0 Å².